The zero-order chi connectivity index (χ0) is 15.3. The van der Waals surface area contributed by atoms with Gasteiger partial charge in [0.2, 0.25) is 0 Å². The SMILES string of the molecule is C[Si](C)(C)C#CCc1cccc(Cc2ccc(Br)cc2)c1. The van der Waals surface area contributed by atoms with Gasteiger partial charge in [0.05, 0.1) is 0 Å². The lowest BCUT2D eigenvalue weighted by molar-refractivity contribution is 1.17. The third kappa shape index (κ3) is 5.91. The summed E-state index contributed by atoms with van der Waals surface area (Å²) >= 11 is 3.47. The van der Waals surface area contributed by atoms with Crippen molar-refractivity contribution >= 4 is 24.0 Å². The summed E-state index contributed by atoms with van der Waals surface area (Å²) in [5.74, 6) is 3.35. The van der Waals surface area contributed by atoms with E-state index in [-0.39, 0.29) is 0 Å². The first-order valence-corrected chi connectivity index (χ1v) is 11.5. The van der Waals surface area contributed by atoms with E-state index in [9.17, 15) is 0 Å². The summed E-state index contributed by atoms with van der Waals surface area (Å²) in [6, 6.07) is 17.3. The van der Waals surface area contributed by atoms with Gasteiger partial charge in [0, 0.05) is 10.9 Å². The Morgan fingerprint density at radius 3 is 2.24 bits per heavy atom. The van der Waals surface area contributed by atoms with E-state index < -0.39 is 8.07 Å². The van der Waals surface area contributed by atoms with Gasteiger partial charge in [-0.3, -0.25) is 0 Å². The number of halogens is 1. The molecule has 0 saturated heterocycles. The van der Waals surface area contributed by atoms with E-state index in [1.165, 1.54) is 16.7 Å². The third-order valence-corrected chi connectivity index (χ3v) is 4.52. The van der Waals surface area contributed by atoms with Crippen molar-refractivity contribution in [3.8, 4) is 11.5 Å². The maximum absolute atomic E-state index is 3.47. The lowest BCUT2D eigenvalue weighted by Gasteiger charge is -2.05. The molecule has 0 heterocycles. The second kappa shape index (κ2) is 7.11. The average molecular weight is 357 g/mol. The van der Waals surface area contributed by atoms with Crippen molar-refractivity contribution in [1.82, 2.24) is 0 Å². The van der Waals surface area contributed by atoms with Crippen LogP contribution in [0.4, 0.5) is 0 Å². The molecule has 0 radical (unpaired) electrons. The van der Waals surface area contributed by atoms with E-state index in [0.29, 0.717) is 0 Å². The van der Waals surface area contributed by atoms with Gasteiger partial charge in [-0.05, 0) is 35.2 Å². The number of rotatable bonds is 3. The standard InChI is InChI=1S/C19H21BrSi/c1-21(2,3)13-5-8-16-6-4-7-18(14-16)15-17-9-11-19(20)12-10-17/h4,6-7,9-12,14H,8,15H2,1-3H3. The van der Waals surface area contributed by atoms with Gasteiger partial charge in [-0.15, -0.1) is 11.5 Å². The highest BCUT2D eigenvalue weighted by molar-refractivity contribution is 9.10. The zero-order valence-corrected chi connectivity index (χ0v) is 15.5. The van der Waals surface area contributed by atoms with Crippen LogP contribution in [0.2, 0.25) is 19.6 Å². The minimum atomic E-state index is -1.26. The van der Waals surface area contributed by atoms with E-state index in [1.807, 2.05) is 0 Å². The molecule has 0 aromatic heterocycles. The molecular formula is C19H21BrSi. The Morgan fingerprint density at radius 1 is 0.905 bits per heavy atom. The summed E-state index contributed by atoms with van der Waals surface area (Å²) in [6.45, 7) is 6.85. The second-order valence-corrected chi connectivity index (χ2v) is 12.0. The Hall–Kier alpha value is -1.30. The number of hydrogen-bond donors (Lipinski definition) is 0. The minimum absolute atomic E-state index is 0.860. The fourth-order valence-corrected chi connectivity index (χ4v) is 2.98. The molecule has 2 rings (SSSR count). The minimum Gasteiger partial charge on any atom is -0.132 e. The topological polar surface area (TPSA) is 0 Å². The largest absolute Gasteiger partial charge is 0.132 e. The molecule has 21 heavy (non-hydrogen) atoms. The molecule has 0 saturated carbocycles. The van der Waals surface area contributed by atoms with Crippen molar-refractivity contribution < 1.29 is 0 Å². The molecule has 0 aliphatic rings. The average Bonchev–Trinajstić information content (AvgIpc) is 2.40. The fourth-order valence-electron chi connectivity index (χ4n) is 2.10. The van der Waals surface area contributed by atoms with Crippen molar-refractivity contribution in [2.45, 2.75) is 32.5 Å². The van der Waals surface area contributed by atoms with Gasteiger partial charge in [-0.2, -0.15) is 0 Å². The first-order valence-electron chi connectivity index (χ1n) is 7.25. The molecule has 0 unspecified atom stereocenters. The third-order valence-electron chi connectivity index (χ3n) is 3.07. The molecule has 0 nitrogen and oxygen atoms in total. The Kier molecular flexibility index (Phi) is 5.44. The molecule has 0 amide bonds. The molecule has 0 aliphatic carbocycles. The lowest BCUT2D eigenvalue weighted by atomic mass is 10.0. The predicted octanol–water partition coefficient (Wildman–Crippen LogP) is 5.46. The molecule has 0 fully saturated rings. The van der Waals surface area contributed by atoms with Crippen molar-refractivity contribution in [3.05, 3.63) is 69.7 Å². The van der Waals surface area contributed by atoms with Gasteiger partial charge in [0.15, 0.2) is 0 Å². The van der Waals surface area contributed by atoms with E-state index in [1.54, 1.807) is 0 Å². The van der Waals surface area contributed by atoms with Crippen LogP contribution in [0.15, 0.2) is 53.0 Å². The highest BCUT2D eigenvalue weighted by Gasteiger charge is 2.07. The molecule has 0 spiro atoms. The van der Waals surface area contributed by atoms with Gasteiger partial charge >= 0.3 is 0 Å². The quantitative estimate of drug-likeness (QED) is 0.505. The van der Waals surface area contributed by atoms with Crippen LogP contribution >= 0.6 is 15.9 Å². The Labute approximate surface area is 137 Å². The van der Waals surface area contributed by atoms with E-state index in [4.69, 9.17) is 0 Å². The van der Waals surface area contributed by atoms with E-state index >= 15 is 0 Å². The summed E-state index contributed by atoms with van der Waals surface area (Å²) in [4.78, 5) is 0. The maximum Gasteiger partial charge on any atom is 0.129 e. The molecule has 2 aromatic carbocycles. The molecule has 2 aromatic rings. The van der Waals surface area contributed by atoms with Crippen LogP contribution in [-0.2, 0) is 12.8 Å². The zero-order valence-electron chi connectivity index (χ0n) is 12.9. The summed E-state index contributed by atoms with van der Waals surface area (Å²) in [5.41, 5.74) is 7.43. The molecule has 0 bridgehead atoms. The highest BCUT2D eigenvalue weighted by atomic mass is 79.9. The van der Waals surface area contributed by atoms with Crippen LogP contribution in [0.25, 0.3) is 0 Å². The van der Waals surface area contributed by atoms with Gasteiger partial charge in [0.25, 0.3) is 0 Å². The van der Waals surface area contributed by atoms with Crippen molar-refractivity contribution in [2.75, 3.05) is 0 Å². The van der Waals surface area contributed by atoms with Gasteiger partial charge < -0.3 is 0 Å². The first kappa shape index (κ1) is 16.1. The van der Waals surface area contributed by atoms with Crippen LogP contribution < -0.4 is 0 Å². The van der Waals surface area contributed by atoms with Crippen LogP contribution in [0, 0.1) is 11.5 Å². The molecule has 0 aliphatic heterocycles. The van der Waals surface area contributed by atoms with E-state index in [2.05, 4.69) is 95.6 Å². The van der Waals surface area contributed by atoms with E-state index in [0.717, 1.165) is 17.3 Å². The van der Waals surface area contributed by atoms with Gasteiger partial charge in [0.1, 0.15) is 8.07 Å². The van der Waals surface area contributed by atoms with Gasteiger partial charge in [-0.25, -0.2) is 0 Å². The van der Waals surface area contributed by atoms with Crippen molar-refractivity contribution in [1.29, 1.82) is 0 Å². The summed E-state index contributed by atoms with van der Waals surface area (Å²) in [6.07, 6.45) is 1.83. The molecular weight excluding hydrogens is 336 g/mol. The normalized spacial score (nSPS) is 10.9. The number of hydrogen-bond acceptors (Lipinski definition) is 0. The second-order valence-electron chi connectivity index (χ2n) is 6.35. The lowest BCUT2D eigenvalue weighted by Crippen LogP contribution is -2.16. The molecule has 0 N–H and O–H groups in total. The number of benzene rings is 2. The Bertz CT molecular complexity index is 654. The monoisotopic (exact) mass is 356 g/mol. The smallest absolute Gasteiger partial charge is 0.129 e. The van der Waals surface area contributed by atoms with Crippen molar-refractivity contribution in [2.24, 2.45) is 0 Å². The Morgan fingerprint density at radius 2 is 1.57 bits per heavy atom. The summed E-state index contributed by atoms with van der Waals surface area (Å²) < 4.78 is 1.13. The van der Waals surface area contributed by atoms with Crippen LogP contribution in [0.5, 0.6) is 0 Å². The van der Waals surface area contributed by atoms with Gasteiger partial charge in [-0.1, -0.05) is 72.0 Å². The predicted molar refractivity (Wildman–Crippen MR) is 98.2 cm³/mol. The van der Waals surface area contributed by atoms with Crippen molar-refractivity contribution in [3.63, 3.8) is 0 Å². The molecule has 108 valence electrons. The highest BCUT2D eigenvalue weighted by Crippen LogP contribution is 2.15. The summed E-state index contributed by atoms with van der Waals surface area (Å²) in [5, 5.41) is 0. The van der Waals surface area contributed by atoms with Crippen LogP contribution in [0.3, 0.4) is 0 Å². The first-order chi connectivity index (χ1) is 9.92. The molecule has 2 heteroatoms. The van der Waals surface area contributed by atoms with Crippen LogP contribution in [0.1, 0.15) is 16.7 Å². The maximum atomic E-state index is 3.47. The molecule has 0 atom stereocenters. The summed E-state index contributed by atoms with van der Waals surface area (Å²) in [7, 11) is -1.26. The Balaban J connectivity index is 2.07. The fraction of sp³-hybridized carbons (Fsp3) is 0.263. The van der Waals surface area contributed by atoms with Crippen LogP contribution in [-0.4, -0.2) is 8.07 Å².